The average molecular weight is 362 g/mol. The van der Waals surface area contributed by atoms with Crippen LogP contribution in [0.3, 0.4) is 0 Å². The second-order valence-electron chi connectivity index (χ2n) is 2.59. The van der Waals surface area contributed by atoms with Crippen molar-refractivity contribution < 1.29 is 47.3 Å². The Bertz CT molecular complexity index is 413. The zero-order valence-corrected chi connectivity index (χ0v) is 12.0. The predicted octanol–water partition coefficient (Wildman–Crippen LogP) is -0.501. The lowest BCUT2D eigenvalue weighted by atomic mass is 11.3. The molecule has 0 atom stereocenters. The zero-order valence-electron chi connectivity index (χ0n) is 8.54. The number of nitrogens with two attached hydrogens (primary N) is 1. The monoisotopic (exact) mass is 362 g/mol. The topological polar surface area (TPSA) is 218 Å². The number of nitrogens with one attached hydrogen (secondary N) is 2. The van der Waals surface area contributed by atoms with E-state index in [0.29, 0.717) is 0 Å². The summed E-state index contributed by atoms with van der Waals surface area (Å²) in [5.74, 6) is 0. The van der Waals surface area contributed by atoms with Crippen molar-refractivity contribution in [3.8, 4) is 0 Å². The minimum atomic E-state index is -4.98. The summed E-state index contributed by atoms with van der Waals surface area (Å²) >= 11 is 5.20. The number of hydrogen-bond donors (Lipinski definition) is 7. The fourth-order valence-electron chi connectivity index (χ4n) is 0.523. The Hall–Kier alpha value is -0.480. The molecule has 19 heavy (non-hydrogen) atoms. The van der Waals surface area contributed by atoms with Crippen molar-refractivity contribution >= 4 is 46.1 Å². The van der Waals surface area contributed by atoms with Crippen LogP contribution in [0.2, 0.25) is 0 Å². The molecule has 0 aromatic carbocycles. The van der Waals surface area contributed by atoms with Gasteiger partial charge in [0, 0.05) is 0 Å². The van der Waals surface area contributed by atoms with Gasteiger partial charge in [0.25, 0.3) is 0 Å². The summed E-state index contributed by atoms with van der Waals surface area (Å²) in [5, 5.41) is 2.00. The molecule has 0 fully saturated rings. The highest BCUT2D eigenvalue weighted by atomic mass is 35.7. The second kappa shape index (κ2) is 6.31. The third-order valence-corrected chi connectivity index (χ3v) is 3.08. The third kappa shape index (κ3) is 11.1. The molecule has 0 aliphatic heterocycles. The maximum atomic E-state index is 10.8. The van der Waals surface area contributed by atoms with Crippen LogP contribution < -0.4 is 15.7 Å². The molecule has 2 amide bonds. The number of carbonyl (C=O) groups is 2. The van der Waals surface area contributed by atoms with Crippen LogP contribution in [0.1, 0.15) is 0 Å². The van der Waals surface area contributed by atoms with Gasteiger partial charge < -0.3 is 19.6 Å². The maximum Gasteiger partial charge on any atom is 0.551 e. The molecule has 0 saturated carbocycles. The van der Waals surface area contributed by atoms with Crippen molar-refractivity contribution in [2.45, 2.75) is 0 Å². The van der Waals surface area contributed by atoms with Crippen LogP contribution in [0.5, 0.6) is 0 Å². The minimum Gasteiger partial charge on any atom is -0.308 e. The SMILES string of the molecule is N[P+](Cl)(OC(=O)NP(=O)(O)O)OC(=O)NP(=O)(O)O. The first-order chi connectivity index (χ1) is 8.20. The van der Waals surface area contributed by atoms with E-state index in [1.54, 1.807) is 0 Å². The summed E-state index contributed by atoms with van der Waals surface area (Å²) in [6, 6.07) is 0. The average Bonchev–Trinajstić information content (AvgIpc) is 1.89. The quantitative estimate of drug-likeness (QED) is 0.316. The van der Waals surface area contributed by atoms with E-state index in [-0.39, 0.29) is 0 Å². The first-order valence-electron chi connectivity index (χ1n) is 3.72. The lowest BCUT2D eigenvalue weighted by molar-refractivity contribution is 0.188. The molecule has 0 aromatic heterocycles. The maximum absolute atomic E-state index is 10.8. The van der Waals surface area contributed by atoms with E-state index in [0.717, 1.165) is 10.2 Å². The number of rotatable bonds is 4. The van der Waals surface area contributed by atoms with Gasteiger partial charge in [0.2, 0.25) is 0 Å². The molecule has 0 saturated heterocycles. The molecular formula is C2H8ClN3O10P3+. The van der Waals surface area contributed by atoms with Gasteiger partial charge in [-0.3, -0.25) is 0 Å². The number of hydrogen-bond acceptors (Lipinski definition) is 7. The first kappa shape index (κ1) is 18.5. The molecular weight excluding hydrogens is 354 g/mol. The van der Waals surface area contributed by atoms with Gasteiger partial charge in [0.05, 0.1) is 0 Å². The van der Waals surface area contributed by atoms with Crippen LogP contribution in [0, 0.1) is 0 Å². The smallest absolute Gasteiger partial charge is 0.308 e. The van der Waals surface area contributed by atoms with E-state index in [1.165, 1.54) is 0 Å². The third-order valence-electron chi connectivity index (χ3n) is 0.889. The fraction of sp³-hybridized carbons (Fsp3) is 0. The largest absolute Gasteiger partial charge is 0.551 e. The molecule has 0 aliphatic carbocycles. The van der Waals surface area contributed by atoms with Crippen molar-refractivity contribution in [1.29, 1.82) is 0 Å². The molecule has 112 valence electrons. The Balaban J connectivity index is 4.48. The molecule has 0 aliphatic rings. The van der Waals surface area contributed by atoms with Crippen molar-refractivity contribution in [1.82, 2.24) is 10.2 Å². The van der Waals surface area contributed by atoms with Crippen LogP contribution >= 0.6 is 34.0 Å². The molecule has 0 radical (unpaired) electrons. The Labute approximate surface area is 110 Å². The van der Waals surface area contributed by atoms with Gasteiger partial charge in [-0.05, 0) is 0 Å². The summed E-state index contributed by atoms with van der Waals surface area (Å²) in [6.45, 7) is 0. The van der Waals surface area contributed by atoms with Crippen molar-refractivity contribution in [2.24, 2.45) is 5.50 Å². The molecule has 0 bridgehead atoms. The van der Waals surface area contributed by atoms with Crippen LogP contribution in [0.4, 0.5) is 9.59 Å². The van der Waals surface area contributed by atoms with Gasteiger partial charge in [0.1, 0.15) is 0 Å². The summed E-state index contributed by atoms with van der Waals surface area (Å²) in [7, 11) is -14.2. The van der Waals surface area contributed by atoms with Gasteiger partial charge in [0.15, 0.2) is 11.2 Å². The predicted molar refractivity (Wildman–Crippen MR) is 60.3 cm³/mol. The van der Waals surface area contributed by atoms with Crippen molar-refractivity contribution in [3.63, 3.8) is 0 Å². The van der Waals surface area contributed by atoms with Gasteiger partial charge in [-0.15, -0.1) is 5.50 Å². The molecule has 0 aromatic rings. The second-order valence-corrected chi connectivity index (χ2v) is 8.03. The summed E-state index contributed by atoms with van der Waals surface area (Å²) in [5.41, 5.74) is 4.96. The van der Waals surface area contributed by atoms with E-state index < -0.39 is 34.9 Å². The molecule has 0 rings (SSSR count). The molecule has 0 heterocycles. The van der Waals surface area contributed by atoms with Gasteiger partial charge in [-0.2, -0.15) is 0 Å². The lowest BCUT2D eigenvalue weighted by Crippen LogP contribution is -2.27. The highest BCUT2D eigenvalue weighted by Gasteiger charge is 2.46. The number of carbonyl (C=O) groups excluding carboxylic acids is 2. The molecule has 13 nitrogen and oxygen atoms in total. The normalized spacial score (nSPS) is 12.5. The summed E-state index contributed by atoms with van der Waals surface area (Å²) in [6.07, 6.45) is -3.61. The number of halogens is 1. The Morgan fingerprint density at radius 3 is 1.47 bits per heavy atom. The van der Waals surface area contributed by atoms with Crippen LogP contribution in [0.25, 0.3) is 0 Å². The first-order valence-corrected chi connectivity index (χ1v) is 9.54. The van der Waals surface area contributed by atoms with Crippen molar-refractivity contribution in [3.05, 3.63) is 0 Å². The van der Waals surface area contributed by atoms with Gasteiger partial charge in [-0.1, -0.05) is 0 Å². The van der Waals surface area contributed by atoms with Crippen LogP contribution in [-0.2, 0) is 18.2 Å². The van der Waals surface area contributed by atoms with E-state index in [4.69, 9.17) is 36.3 Å². The van der Waals surface area contributed by atoms with E-state index in [2.05, 4.69) is 9.05 Å². The van der Waals surface area contributed by atoms with E-state index in [1.807, 2.05) is 0 Å². The van der Waals surface area contributed by atoms with Gasteiger partial charge >= 0.3 is 34.9 Å². The zero-order chi connectivity index (χ0) is 15.5. The Kier molecular flexibility index (Phi) is 6.15. The summed E-state index contributed by atoms with van der Waals surface area (Å²) in [4.78, 5) is 54.9. The minimum absolute atomic E-state index is 1.00. The standard InChI is InChI=1S/C2H7ClN3O10P3/c3-17(4,15-1(7)5-18(9,10)11)16-2(8)6-19(12,13)14/h4H2,(H5-,5,6,7,8,9,10,11,12,13,14)/p+1. The van der Waals surface area contributed by atoms with Crippen LogP contribution in [-0.4, -0.2) is 31.8 Å². The lowest BCUT2D eigenvalue weighted by Gasteiger charge is -2.11. The fourth-order valence-corrected chi connectivity index (χ4v) is 2.19. The number of amides is 2. The van der Waals surface area contributed by atoms with E-state index >= 15 is 0 Å². The Morgan fingerprint density at radius 1 is 1.00 bits per heavy atom. The summed E-state index contributed by atoms with van der Waals surface area (Å²) < 4.78 is 28.6. The van der Waals surface area contributed by atoms with Crippen LogP contribution in [0.15, 0.2) is 0 Å². The Morgan fingerprint density at radius 2 is 1.26 bits per heavy atom. The van der Waals surface area contributed by atoms with E-state index in [9.17, 15) is 18.7 Å². The highest BCUT2D eigenvalue weighted by Crippen LogP contribution is 2.59. The molecule has 0 unspecified atom stereocenters. The van der Waals surface area contributed by atoms with Crippen molar-refractivity contribution in [2.75, 3.05) is 0 Å². The molecule has 0 spiro atoms. The highest BCUT2D eigenvalue weighted by molar-refractivity contribution is 7.90. The van der Waals surface area contributed by atoms with Gasteiger partial charge in [-0.25, -0.2) is 37.9 Å². The molecule has 17 heteroatoms. The molecule has 8 N–H and O–H groups in total.